The lowest BCUT2D eigenvalue weighted by atomic mass is 9.72. The van der Waals surface area contributed by atoms with Gasteiger partial charge in [0.05, 0.1) is 67.0 Å². The van der Waals surface area contributed by atoms with Crippen molar-refractivity contribution in [3.8, 4) is 0 Å². The number of alkyl carbamates (subject to hydrolysis) is 1. The largest absolute Gasteiger partial charge is 0.481 e. The second kappa shape index (κ2) is 21.2. The zero-order valence-corrected chi connectivity index (χ0v) is 39.7. The molecule has 18 atom stereocenters. The number of amides is 1. The Morgan fingerprint density at radius 3 is 2.24 bits per heavy atom. The normalized spacial score (nSPS) is 41.0. The Balaban J connectivity index is 1.38. The molecule has 0 radical (unpaired) electrons. The molecular formula is C47H78ClNO13. The van der Waals surface area contributed by atoms with Crippen molar-refractivity contribution in [3.63, 3.8) is 0 Å². The highest BCUT2D eigenvalue weighted by molar-refractivity contribution is 6.17. The number of carboxylic acids is 1. The minimum absolute atomic E-state index is 0.0268. The van der Waals surface area contributed by atoms with Crippen LogP contribution in [0.2, 0.25) is 0 Å². The number of rotatable bonds is 18. The lowest BCUT2D eigenvalue weighted by Crippen LogP contribution is -2.65. The van der Waals surface area contributed by atoms with E-state index in [9.17, 15) is 29.7 Å². The Morgan fingerprint density at radius 1 is 0.903 bits per heavy atom. The number of carbonyl (C=O) groups excluding carboxylic acids is 2. The summed E-state index contributed by atoms with van der Waals surface area (Å²) in [6.07, 6.45) is 5.41. The summed E-state index contributed by atoms with van der Waals surface area (Å²) in [5, 5.41) is 35.9. The SMILES string of the molecule is CCC(C(=O)[C@@H](C)[C@@H](O)[C@H](C)[C@@H]1O[C@@H](C(CC)C(=O)O)CC[C@@H]1C)[C@H]1O[C@]2(C=C[C@@H](NC(=O)OCCOCCCl)[C@]3(CC[C@@](C)([C@H]4CC[C@](O)(CC)[C@H](C)O4)O3)O2)[C@H](C)C[C@@H]1C. The first-order valence-electron chi connectivity index (χ1n) is 23.6. The molecule has 4 fully saturated rings. The molecule has 4 N–H and O–H groups in total. The Morgan fingerprint density at radius 2 is 1.61 bits per heavy atom. The van der Waals surface area contributed by atoms with Gasteiger partial charge in [-0.05, 0) is 89.5 Å². The van der Waals surface area contributed by atoms with Crippen molar-refractivity contribution >= 4 is 29.4 Å². The van der Waals surface area contributed by atoms with E-state index in [1.54, 1.807) is 6.92 Å². The lowest BCUT2D eigenvalue weighted by Gasteiger charge is -2.55. The number of alkyl halides is 1. The first-order valence-corrected chi connectivity index (χ1v) is 24.1. The van der Waals surface area contributed by atoms with Crippen molar-refractivity contribution in [2.75, 3.05) is 25.7 Å². The summed E-state index contributed by atoms with van der Waals surface area (Å²) >= 11 is 5.71. The number of carbonyl (C=O) groups is 3. The zero-order chi connectivity index (χ0) is 45.8. The smallest absolute Gasteiger partial charge is 0.407 e. The molecule has 0 saturated carbocycles. The maximum atomic E-state index is 14.7. The summed E-state index contributed by atoms with van der Waals surface area (Å²) < 4.78 is 45.2. The van der Waals surface area contributed by atoms with Crippen LogP contribution in [0.4, 0.5) is 4.79 Å². The molecule has 2 spiro atoms. The molecule has 2 unspecified atom stereocenters. The highest BCUT2D eigenvalue weighted by Gasteiger charge is 2.63. The van der Waals surface area contributed by atoms with Gasteiger partial charge >= 0.3 is 12.1 Å². The summed E-state index contributed by atoms with van der Waals surface area (Å²) in [5.74, 6) is -5.92. The summed E-state index contributed by atoms with van der Waals surface area (Å²) in [7, 11) is 0. The lowest BCUT2D eigenvalue weighted by molar-refractivity contribution is -0.398. The monoisotopic (exact) mass is 900 g/mol. The van der Waals surface area contributed by atoms with E-state index in [4.69, 9.17) is 44.8 Å². The van der Waals surface area contributed by atoms with Crippen LogP contribution in [0.25, 0.3) is 0 Å². The number of Topliss-reactive ketones (excluding diaryl/α,β-unsaturated/α-hetero) is 1. The van der Waals surface area contributed by atoms with Crippen LogP contribution in [0.5, 0.6) is 0 Å². The van der Waals surface area contributed by atoms with Crippen molar-refractivity contribution in [2.45, 2.75) is 199 Å². The molecule has 4 saturated heterocycles. The van der Waals surface area contributed by atoms with E-state index >= 15 is 0 Å². The molecule has 1 amide bonds. The number of hydrogen-bond donors (Lipinski definition) is 4. The van der Waals surface area contributed by atoms with Gasteiger partial charge in [-0.25, -0.2) is 4.79 Å². The van der Waals surface area contributed by atoms with Gasteiger partial charge in [0.1, 0.15) is 18.4 Å². The second-order valence-electron chi connectivity index (χ2n) is 19.5. The second-order valence-corrected chi connectivity index (χ2v) is 19.9. The van der Waals surface area contributed by atoms with Crippen molar-refractivity contribution in [1.29, 1.82) is 0 Å². The topological polar surface area (TPSA) is 189 Å². The first-order chi connectivity index (χ1) is 29.2. The summed E-state index contributed by atoms with van der Waals surface area (Å²) in [5.41, 5.74) is -1.77. The van der Waals surface area contributed by atoms with Gasteiger partial charge in [-0.1, -0.05) is 61.5 Å². The van der Waals surface area contributed by atoms with Crippen molar-refractivity contribution in [2.24, 2.45) is 41.4 Å². The van der Waals surface area contributed by atoms with Crippen LogP contribution in [0, 0.1) is 41.4 Å². The van der Waals surface area contributed by atoms with Gasteiger partial charge in [0.2, 0.25) is 0 Å². The molecule has 5 rings (SSSR count). The number of ether oxygens (including phenoxy) is 7. The van der Waals surface area contributed by atoms with Crippen molar-refractivity contribution in [1.82, 2.24) is 5.32 Å². The Kier molecular flexibility index (Phi) is 17.5. The van der Waals surface area contributed by atoms with Crippen molar-refractivity contribution in [3.05, 3.63) is 12.2 Å². The van der Waals surface area contributed by atoms with Gasteiger partial charge in [-0.3, -0.25) is 9.59 Å². The predicted octanol–water partition coefficient (Wildman–Crippen LogP) is 7.18. The highest BCUT2D eigenvalue weighted by atomic mass is 35.5. The maximum Gasteiger partial charge on any atom is 0.407 e. The van der Waals surface area contributed by atoms with E-state index in [-0.39, 0.29) is 42.9 Å². The van der Waals surface area contributed by atoms with Crippen LogP contribution in [0.3, 0.4) is 0 Å². The first kappa shape index (κ1) is 51.1. The minimum atomic E-state index is -1.40. The summed E-state index contributed by atoms with van der Waals surface area (Å²) in [4.78, 5) is 39.9. The van der Waals surface area contributed by atoms with Crippen LogP contribution in [0.15, 0.2) is 12.2 Å². The number of ketones is 1. The fraction of sp³-hybridized carbons (Fsp3) is 0.894. The van der Waals surface area contributed by atoms with E-state index in [0.29, 0.717) is 70.3 Å². The molecule has 0 aliphatic carbocycles. The number of aliphatic hydroxyl groups is 2. The van der Waals surface area contributed by atoms with E-state index in [1.807, 2.05) is 53.7 Å². The third kappa shape index (κ3) is 10.7. The van der Waals surface area contributed by atoms with Gasteiger partial charge in [0.25, 0.3) is 0 Å². The quantitative estimate of drug-likeness (QED) is 0.0616. The van der Waals surface area contributed by atoms with E-state index in [2.05, 4.69) is 26.1 Å². The fourth-order valence-corrected chi connectivity index (χ4v) is 11.3. The molecule has 5 aliphatic rings. The molecule has 0 aromatic heterocycles. The number of hydrogen-bond acceptors (Lipinski definition) is 12. The Hall–Kier alpha value is -1.88. The Bertz CT molecular complexity index is 1550. The molecule has 356 valence electrons. The molecule has 14 nitrogen and oxygen atoms in total. The number of aliphatic carboxylic acids is 1. The molecular weight excluding hydrogens is 822 g/mol. The highest BCUT2D eigenvalue weighted by Crippen LogP contribution is 2.54. The molecule has 5 heterocycles. The van der Waals surface area contributed by atoms with Gasteiger partial charge in [-0.2, -0.15) is 0 Å². The molecule has 0 aromatic rings. The number of nitrogens with one attached hydrogen (secondary N) is 1. The van der Waals surface area contributed by atoms with Gasteiger partial charge in [0, 0.05) is 36.0 Å². The number of carboxylic acid groups (broad SMARTS) is 1. The van der Waals surface area contributed by atoms with Crippen LogP contribution in [0.1, 0.15) is 133 Å². The Labute approximate surface area is 374 Å². The van der Waals surface area contributed by atoms with E-state index in [1.165, 1.54) is 0 Å². The van der Waals surface area contributed by atoms with Crippen molar-refractivity contribution < 1.29 is 62.9 Å². The minimum Gasteiger partial charge on any atom is -0.481 e. The predicted molar refractivity (Wildman–Crippen MR) is 232 cm³/mol. The van der Waals surface area contributed by atoms with E-state index in [0.717, 1.165) is 6.42 Å². The van der Waals surface area contributed by atoms with E-state index < -0.39 is 95.1 Å². The molecule has 62 heavy (non-hydrogen) atoms. The van der Waals surface area contributed by atoms with Gasteiger partial charge < -0.3 is 53.8 Å². The summed E-state index contributed by atoms with van der Waals surface area (Å²) in [6, 6.07) is -0.777. The third-order valence-electron chi connectivity index (χ3n) is 15.4. The van der Waals surface area contributed by atoms with Crippen LogP contribution >= 0.6 is 11.6 Å². The molecule has 0 bridgehead atoms. The van der Waals surface area contributed by atoms with Crippen LogP contribution < -0.4 is 5.32 Å². The molecule has 0 aromatic carbocycles. The average molecular weight is 901 g/mol. The average Bonchev–Trinajstić information content (AvgIpc) is 3.58. The van der Waals surface area contributed by atoms with Crippen LogP contribution in [-0.2, 0) is 42.7 Å². The van der Waals surface area contributed by atoms with Crippen LogP contribution in [-0.4, -0.2) is 124 Å². The third-order valence-corrected chi connectivity index (χ3v) is 15.6. The molecule has 5 aliphatic heterocycles. The fourth-order valence-electron chi connectivity index (χ4n) is 11.2. The zero-order valence-electron chi connectivity index (χ0n) is 38.9. The maximum absolute atomic E-state index is 14.7. The van der Waals surface area contributed by atoms with Gasteiger partial charge in [-0.15, -0.1) is 11.6 Å². The van der Waals surface area contributed by atoms with Gasteiger partial charge in [0.15, 0.2) is 11.6 Å². The molecule has 15 heteroatoms. The number of aliphatic hydroxyl groups excluding tert-OH is 1. The summed E-state index contributed by atoms with van der Waals surface area (Å²) in [6.45, 7) is 20.1. The number of halogens is 1. The standard InChI is InChI=1S/C47H78ClNO13/c1-11-33(42(52)53)35-15-14-27(4)40(59-35)31(8)38(50)30(7)39(51)34(12-2)41-28(5)26-29(6)46(60-41)19-16-36(49-43(54)57-25-24-56-23-22-48)47(62-46)21-20-44(10,61-47)37-17-18-45(55,13-3)32(9)58-37/h16,19,27-38,40-41,50,55H,11-15,17-18,20-26H2,1-10H3,(H,49,54)(H,52,53)/t27-,28-,29+,30-,31-,32-,33?,34?,35+,36+,37+,38+,40+,41-,44-,45+,46-,47-/m0/s1.